The molecule has 6 nitrogen and oxygen atoms in total. The van der Waals surface area contributed by atoms with Gasteiger partial charge in [0.15, 0.2) is 28.8 Å². The fraction of sp³-hybridized carbons (Fsp3) is 0.171. The minimum Gasteiger partial charge on any atom is -0.493 e. The standard InChI is InChI=1S/C35H26ClNO5/c1-41-27-17-13-22(19-28(27)42-2)30-31(32(38)21-11-15-23(36)16-12-21)37-26-10-6-3-7-20(26)14-18-29(37)35(30)33(39)24-8-4-5-9-25(24)34(35)40/h3-19,29-31H,1-2H3/t29-,30+,31+/m0/s1. The Labute approximate surface area is 248 Å². The van der Waals surface area contributed by atoms with Crippen LogP contribution in [0.3, 0.4) is 0 Å². The summed E-state index contributed by atoms with van der Waals surface area (Å²) in [6, 6.07) is 25.2. The number of Topliss-reactive ketones (excluding diaryl/α,β-unsaturated/α-hetero) is 3. The van der Waals surface area contributed by atoms with Crippen LogP contribution in [0.1, 0.15) is 48.1 Å². The van der Waals surface area contributed by atoms with Crippen molar-refractivity contribution in [3.05, 3.63) is 130 Å². The fourth-order valence-electron chi connectivity index (χ4n) is 7.12. The highest BCUT2D eigenvalue weighted by Crippen LogP contribution is 2.61. The molecule has 0 N–H and O–H groups in total. The second-order valence-corrected chi connectivity index (χ2v) is 11.2. The van der Waals surface area contributed by atoms with Crippen molar-refractivity contribution in [1.82, 2.24) is 0 Å². The van der Waals surface area contributed by atoms with Crippen LogP contribution in [0.5, 0.6) is 11.5 Å². The van der Waals surface area contributed by atoms with Gasteiger partial charge >= 0.3 is 0 Å². The Kier molecular flexibility index (Phi) is 6.06. The zero-order chi connectivity index (χ0) is 29.2. The monoisotopic (exact) mass is 575 g/mol. The number of carbonyl (C=O) groups excluding carboxylic acids is 3. The van der Waals surface area contributed by atoms with Crippen LogP contribution in [0.2, 0.25) is 5.02 Å². The zero-order valence-corrected chi connectivity index (χ0v) is 23.7. The van der Waals surface area contributed by atoms with E-state index in [2.05, 4.69) is 0 Å². The summed E-state index contributed by atoms with van der Waals surface area (Å²) in [5, 5.41) is 0.506. The molecule has 2 aliphatic heterocycles. The molecule has 1 aliphatic carbocycles. The van der Waals surface area contributed by atoms with Gasteiger partial charge in [0.1, 0.15) is 11.5 Å². The van der Waals surface area contributed by atoms with Crippen molar-refractivity contribution >= 4 is 40.7 Å². The third kappa shape index (κ3) is 3.48. The Morgan fingerprint density at radius 3 is 2.12 bits per heavy atom. The normalized spacial score (nSPS) is 21.2. The number of hydrogen-bond acceptors (Lipinski definition) is 6. The highest BCUT2D eigenvalue weighted by Gasteiger charge is 2.71. The number of hydrogen-bond donors (Lipinski definition) is 0. The predicted octanol–water partition coefficient (Wildman–Crippen LogP) is 6.67. The molecule has 208 valence electrons. The highest BCUT2D eigenvalue weighted by molar-refractivity contribution is 6.32. The summed E-state index contributed by atoms with van der Waals surface area (Å²) < 4.78 is 11.1. The van der Waals surface area contributed by atoms with Crippen LogP contribution in [-0.4, -0.2) is 43.7 Å². The lowest BCUT2D eigenvalue weighted by molar-refractivity contribution is 0.0665. The molecule has 0 amide bonds. The number of nitrogens with zero attached hydrogens (tertiary/aromatic N) is 1. The third-order valence-corrected chi connectivity index (χ3v) is 9.13. The zero-order valence-electron chi connectivity index (χ0n) is 22.9. The predicted molar refractivity (Wildman–Crippen MR) is 161 cm³/mol. The Morgan fingerprint density at radius 2 is 1.45 bits per heavy atom. The van der Waals surface area contributed by atoms with Gasteiger partial charge in [0.25, 0.3) is 0 Å². The van der Waals surface area contributed by atoms with Gasteiger partial charge in [-0.3, -0.25) is 14.4 Å². The van der Waals surface area contributed by atoms with Crippen molar-refractivity contribution in [2.75, 3.05) is 19.1 Å². The molecule has 7 rings (SSSR count). The summed E-state index contributed by atoms with van der Waals surface area (Å²) in [7, 11) is 3.08. The van der Waals surface area contributed by atoms with E-state index in [0.717, 1.165) is 11.3 Å². The number of methoxy groups -OCH3 is 2. The summed E-state index contributed by atoms with van der Waals surface area (Å²) in [5.74, 6) is -0.686. The Balaban J connectivity index is 1.55. The number of anilines is 1. The minimum atomic E-state index is -1.60. The first-order valence-electron chi connectivity index (χ1n) is 13.7. The molecule has 0 unspecified atom stereocenters. The summed E-state index contributed by atoms with van der Waals surface area (Å²) in [4.78, 5) is 46.2. The van der Waals surface area contributed by atoms with E-state index in [-0.39, 0.29) is 17.3 Å². The number of benzene rings is 4. The molecule has 0 radical (unpaired) electrons. The molecule has 0 aromatic heterocycles. The number of ether oxygens (including phenoxy) is 2. The first kappa shape index (κ1) is 26.2. The van der Waals surface area contributed by atoms with Gasteiger partial charge in [-0.2, -0.15) is 0 Å². The Hall–Kier alpha value is -4.68. The van der Waals surface area contributed by atoms with Gasteiger partial charge in [0.2, 0.25) is 0 Å². The largest absolute Gasteiger partial charge is 0.493 e. The number of carbonyl (C=O) groups is 3. The van der Waals surface area contributed by atoms with E-state index in [1.165, 1.54) is 7.11 Å². The molecule has 0 saturated carbocycles. The van der Waals surface area contributed by atoms with Crippen LogP contribution in [0, 0.1) is 5.41 Å². The molecule has 3 atom stereocenters. The number of para-hydroxylation sites is 1. The number of ketones is 3. The molecule has 4 aromatic rings. The molecule has 1 saturated heterocycles. The van der Waals surface area contributed by atoms with Crippen molar-refractivity contribution in [3.8, 4) is 11.5 Å². The first-order chi connectivity index (χ1) is 20.4. The van der Waals surface area contributed by atoms with Gasteiger partial charge in [-0.05, 0) is 53.6 Å². The lowest BCUT2D eigenvalue weighted by Gasteiger charge is -2.37. The number of fused-ring (bicyclic) bond motifs is 5. The maximum Gasteiger partial charge on any atom is 0.185 e. The topological polar surface area (TPSA) is 72.9 Å². The van der Waals surface area contributed by atoms with Crippen LogP contribution < -0.4 is 14.4 Å². The molecule has 0 bridgehead atoms. The molecule has 1 fully saturated rings. The fourth-order valence-corrected chi connectivity index (χ4v) is 7.25. The number of halogens is 1. The summed E-state index contributed by atoms with van der Waals surface area (Å²) >= 11 is 6.18. The van der Waals surface area contributed by atoms with E-state index in [1.807, 2.05) is 47.4 Å². The molecule has 1 spiro atoms. The third-order valence-electron chi connectivity index (χ3n) is 8.88. The minimum absolute atomic E-state index is 0.213. The van der Waals surface area contributed by atoms with E-state index in [0.29, 0.717) is 38.8 Å². The maximum absolute atomic E-state index is 14.7. The van der Waals surface area contributed by atoms with Gasteiger partial charge < -0.3 is 14.4 Å². The summed E-state index contributed by atoms with van der Waals surface area (Å²) in [5.41, 5.74) is 1.92. The first-order valence-corrected chi connectivity index (χ1v) is 14.1. The second kappa shape index (κ2) is 9.71. The molecule has 7 heteroatoms. The van der Waals surface area contributed by atoms with E-state index in [9.17, 15) is 14.4 Å². The lowest BCUT2D eigenvalue weighted by Crippen LogP contribution is -2.48. The smallest absolute Gasteiger partial charge is 0.185 e. The van der Waals surface area contributed by atoms with Gasteiger partial charge in [0.05, 0.1) is 20.3 Å². The molecule has 3 aliphatic rings. The van der Waals surface area contributed by atoms with Gasteiger partial charge in [0, 0.05) is 33.3 Å². The van der Waals surface area contributed by atoms with Crippen LogP contribution in [-0.2, 0) is 0 Å². The van der Waals surface area contributed by atoms with E-state index in [1.54, 1.807) is 67.8 Å². The Morgan fingerprint density at radius 1 is 0.810 bits per heavy atom. The molecule has 2 heterocycles. The van der Waals surface area contributed by atoms with Crippen LogP contribution in [0.25, 0.3) is 6.08 Å². The van der Waals surface area contributed by atoms with Gasteiger partial charge in [-0.1, -0.05) is 72.3 Å². The quantitative estimate of drug-likeness (QED) is 0.195. The average Bonchev–Trinajstić information content (AvgIpc) is 3.47. The van der Waals surface area contributed by atoms with Crippen LogP contribution in [0.15, 0.2) is 97.1 Å². The van der Waals surface area contributed by atoms with E-state index >= 15 is 0 Å². The SMILES string of the molecule is COc1ccc([C@@H]2[C@H](C(=O)c3ccc(Cl)cc3)N3c4ccccc4C=C[C@H]3C23C(=O)c2ccccc2C3=O)cc1OC. The molecule has 4 aromatic carbocycles. The van der Waals surface area contributed by atoms with Gasteiger partial charge in [-0.15, -0.1) is 0 Å². The van der Waals surface area contributed by atoms with E-state index in [4.69, 9.17) is 21.1 Å². The Bertz CT molecular complexity index is 1780. The maximum atomic E-state index is 14.7. The van der Waals surface area contributed by atoms with E-state index < -0.39 is 23.4 Å². The van der Waals surface area contributed by atoms with Crippen molar-refractivity contribution < 1.29 is 23.9 Å². The van der Waals surface area contributed by atoms with Crippen molar-refractivity contribution in [1.29, 1.82) is 0 Å². The summed E-state index contributed by atoms with van der Waals surface area (Å²) in [6.07, 6.45) is 3.86. The molecule has 42 heavy (non-hydrogen) atoms. The second-order valence-electron chi connectivity index (χ2n) is 10.8. The summed E-state index contributed by atoms with van der Waals surface area (Å²) in [6.45, 7) is 0. The average molecular weight is 576 g/mol. The van der Waals surface area contributed by atoms with Gasteiger partial charge in [-0.25, -0.2) is 0 Å². The van der Waals surface area contributed by atoms with Crippen molar-refractivity contribution in [3.63, 3.8) is 0 Å². The lowest BCUT2D eigenvalue weighted by atomic mass is 9.64. The molecular weight excluding hydrogens is 550 g/mol. The van der Waals surface area contributed by atoms with Crippen molar-refractivity contribution in [2.24, 2.45) is 5.41 Å². The highest BCUT2D eigenvalue weighted by atomic mass is 35.5. The number of rotatable bonds is 5. The van der Waals surface area contributed by atoms with Crippen LogP contribution in [0.4, 0.5) is 5.69 Å². The van der Waals surface area contributed by atoms with Crippen LogP contribution >= 0.6 is 11.6 Å². The molecular formula is C35H26ClNO5. The van der Waals surface area contributed by atoms with Crippen molar-refractivity contribution in [2.45, 2.75) is 18.0 Å².